The Balaban J connectivity index is 2.57. The maximum Gasteiger partial charge on any atom is 0.307 e. The second-order valence-corrected chi connectivity index (χ2v) is 4.02. The van der Waals surface area contributed by atoms with Crippen molar-refractivity contribution in [1.29, 1.82) is 0 Å². The van der Waals surface area contributed by atoms with Crippen molar-refractivity contribution in [1.82, 2.24) is 20.5 Å². The standard InChI is InChI=1S/C10H16N4O3/c1-5(6(2)10(16)17)9(15)13-7(3)8-11-4-12-14-8/h4-7H,1-3H3,(H,13,15)(H,16,17)(H,11,12,14). The molecular weight excluding hydrogens is 224 g/mol. The maximum atomic E-state index is 11.8. The van der Waals surface area contributed by atoms with Gasteiger partial charge in [0, 0.05) is 5.92 Å². The van der Waals surface area contributed by atoms with E-state index in [-0.39, 0.29) is 11.9 Å². The molecule has 7 nitrogen and oxygen atoms in total. The number of carboxylic acids is 1. The van der Waals surface area contributed by atoms with E-state index in [4.69, 9.17) is 5.11 Å². The lowest BCUT2D eigenvalue weighted by Crippen LogP contribution is -2.36. The highest BCUT2D eigenvalue weighted by Crippen LogP contribution is 2.13. The maximum absolute atomic E-state index is 11.8. The van der Waals surface area contributed by atoms with Crippen LogP contribution in [0.1, 0.15) is 32.6 Å². The topological polar surface area (TPSA) is 108 Å². The number of rotatable bonds is 5. The molecule has 3 unspecified atom stereocenters. The zero-order valence-corrected chi connectivity index (χ0v) is 9.97. The summed E-state index contributed by atoms with van der Waals surface area (Å²) in [5.74, 6) is -2.09. The van der Waals surface area contributed by atoms with Gasteiger partial charge in [-0.1, -0.05) is 13.8 Å². The number of carboxylic acid groups (broad SMARTS) is 1. The van der Waals surface area contributed by atoms with Gasteiger partial charge in [-0.2, -0.15) is 5.10 Å². The summed E-state index contributed by atoms with van der Waals surface area (Å²) in [7, 11) is 0. The molecule has 0 aliphatic carbocycles. The van der Waals surface area contributed by atoms with Gasteiger partial charge in [-0.15, -0.1) is 0 Å². The first-order chi connectivity index (χ1) is 7.93. The number of aliphatic carboxylic acids is 1. The number of nitrogens with one attached hydrogen (secondary N) is 2. The predicted octanol–water partition coefficient (Wildman–Crippen LogP) is 0.339. The minimum Gasteiger partial charge on any atom is -0.481 e. The van der Waals surface area contributed by atoms with E-state index < -0.39 is 17.8 Å². The van der Waals surface area contributed by atoms with Gasteiger partial charge in [0.25, 0.3) is 0 Å². The number of H-pyrrole nitrogens is 1. The summed E-state index contributed by atoms with van der Waals surface area (Å²) >= 11 is 0. The Bertz CT molecular complexity index is 390. The molecule has 3 N–H and O–H groups in total. The lowest BCUT2D eigenvalue weighted by molar-refractivity contribution is -0.146. The van der Waals surface area contributed by atoms with Crippen LogP contribution in [-0.4, -0.2) is 32.2 Å². The van der Waals surface area contributed by atoms with Gasteiger partial charge in [-0.3, -0.25) is 14.7 Å². The van der Waals surface area contributed by atoms with Crippen molar-refractivity contribution in [2.24, 2.45) is 11.8 Å². The third-order valence-electron chi connectivity index (χ3n) is 2.76. The highest BCUT2D eigenvalue weighted by Gasteiger charge is 2.27. The fourth-order valence-corrected chi connectivity index (χ4v) is 1.28. The molecule has 0 aromatic carbocycles. The molecule has 1 aromatic heterocycles. The van der Waals surface area contributed by atoms with E-state index in [0.717, 1.165) is 0 Å². The molecule has 17 heavy (non-hydrogen) atoms. The summed E-state index contributed by atoms with van der Waals surface area (Å²) < 4.78 is 0. The van der Waals surface area contributed by atoms with E-state index in [1.807, 2.05) is 0 Å². The number of amides is 1. The predicted molar refractivity (Wildman–Crippen MR) is 58.9 cm³/mol. The number of carbonyl (C=O) groups is 2. The molecule has 1 heterocycles. The highest BCUT2D eigenvalue weighted by molar-refractivity contribution is 5.84. The van der Waals surface area contributed by atoms with Crippen LogP contribution in [0.2, 0.25) is 0 Å². The highest BCUT2D eigenvalue weighted by atomic mass is 16.4. The van der Waals surface area contributed by atoms with E-state index in [2.05, 4.69) is 20.5 Å². The molecule has 0 spiro atoms. The molecule has 1 amide bonds. The summed E-state index contributed by atoms with van der Waals surface area (Å²) in [6.07, 6.45) is 1.35. The molecule has 0 saturated heterocycles. The summed E-state index contributed by atoms with van der Waals surface area (Å²) in [6, 6.07) is -0.326. The van der Waals surface area contributed by atoms with E-state index >= 15 is 0 Å². The molecule has 94 valence electrons. The van der Waals surface area contributed by atoms with Crippen LogP contribution in [0.4, 0.5) is 0 Å². The Morgan fingerprint density at radius 2 is 2.00 bits per heavy atom. The van der Waals surface area contributed by atoms with Gasteiger partial charge in [0.05, 0.1) is 12.0 Å². The minimum atomic E-state index is -0.986. The van der Waals surface area contributed by atoms with Crippen LogP contribution in [-0.2, 0) is 9.59 Å². The fourth-order valence-electron chi connectivity index (χ4n) is 1.28. The second-order valence-electron chi connectivity index (χ2n) is 4.02. The largest absolute Gasteiger partial charge is 0.481 e. The Hall–Kier alpha value is -1.92. The number of hydrogen-bond donors (Lipinski definition) is 3. The minimum absolute atomic E-state index is 0.316. The van der Waals surface area contributed by atoms with Crippen LogP contribution >= 0.6 is 0 Å². The van der Waals surface area contributed by atoms with Crippen LogP contribution < -0.4 is 5.32 Å². The zero-order chi connectivity index (χ0) is 13.0. The lowest BCUT2D eigenvalue weighted by atomic mass is 9.95. The zero-order valence-electron chi connectivity index (χ0n) is 9.97. The molecule has 0 saturated carbocycles. The number of aromatic amines is 1. The molecule has 7 heteroatoms. The molecule has 0 radical (unpaired) electrons. The van der Waals surface area contributed by atoms with Crippen molar-refractivity contribution >= 4 is 11.9 Å². The number of carbonyl (C=O) groups excluding carboxylic acids is 1. The molecule has 0 aliphatic heterocycles. The van der Waals surface area contributed by atoms with Crippen molar-refractivity contribution in [3.63, 3.8) is 0 Å². The Labute approximate surface area is 98.6 Å². The van der Waals surface area contributed by atoms with Crippen LogP contribution in [0.25, 0.3) is 0 Å². The van der Waals surface area contributed by atoms with Crippen molar-refractivity contribution in [3.05, 3.63) is 12.2 Å². The molecule has 1 aromatic rings. The summed E-state index contributed by atoms with van der Waals surface area (Å²) in [5, 5.41) is 17.8. The van der Waals surface area contributed by atoms with Gasteiger partial charge in [0.2, 0.25) is 5.91 Å². The molecule has 1 rings (SSSR count). The number of hydrogen-bond acceptors (Lipinski definition) is 4. The lowest BCUT2D eigenvalue weighted by Gasteiger charge is -2.18. The van der Waals surface area contributed by atoms with Gasteiger partial charge in [0.1, 0.15) is 12.2 Å². The monoisotopic (exact) mass is 240 g/mol. The number of nitrogens with zero attached hydrogens (tertiary/aromatic N) is 2. The van der Waals surface area contributed by atoms with Crippen LogP contribution in [0.15, 0.2) is 6.33 Å². The first-order valence-electron chi connectivity index (χ1n) is 5.32. The molecular formula is C10H16N4O3. The van der Waals surface area contributed by atoms with Gasteiger partial charge < -0.3 is 10.4 Å². The van der Waals surface area contributed by atoms with E-state index in [1.165, 1.54) is 13.3 Å². The molecule has 3 atom stereocenters. The molecule has 0 fully saturated rings. The quantitative estimate of drug-likeness (QED) is 0.687. The molecule has 0 bridgehead atoms. The second kappa shape index (κ2) is 5.42. The fraction of sp³-hybridized carbons (Fsp3) is 0.600. The van der Waals surface area contributed by atoms with Gasteiger partial charge in [-0.05, 0) is 6.92 Å². The van der Waals surface area contributed by atoms with Gasteiger partial charge >= 0.3 is 5.97 Å². The number of aromatic nitrogens is 3. The first-order valence-corrected chi connectivity index (χ1v) is 5.32. The average Bonchev–Trinajstić information content (AvgIpc) is 2.80. The summed E-state index contributed by atoms with van der Waals surface area (Å²) in [4.78, 5) is 26.4. The van der Waals surface area contributed by atoms with E-state index in [0.29, 0.717) is 5.82 Å². The van der Waals surface area contributed by atoms with Gasteiger partial charge in [0.15, 0.2) is 0 Å². The third kappa shape index (κ3) is 3.27. The van der Waals surface area contributed by atoms with E-state index in [1.54, 1.807) is 13.8 Å². The normalized spacial score (nSPS) is 15.9. The van der Waals surface area contributed by atoms with E-state index in [9.17, 15) is 9.59 Å². The Kier molecular flexibility index (Phi) is 4.19. The van der Waals surface area contributed by atoms with Crippen molar-refractivity contribution in [2.45, 2.75) is 26.8 Å². The van der Waals surface area contributed by atoms with Crippen molar-refractivity contribution in [2.75, 3.05) is 0 Å². The summed E-state index contributed by atoms with van der Waals surface area (Å²) in [6.45, 7) is 4.84. The summed E-state index contributed by atoms with van der Waals surface area (Å²) in [5.41, 5.74) is 0. The smallest absolute Gasteiger partial charge is 0.307 e. The van der Waals surface area contributed by atoms with Crippen molar-refractivity contribution in [3.8, 4) is 0 Å². The first kappa shape index (κ1) is 13.1. The molecule has 0 aliphatic rings. The SMILES string of the molecule is CC(NC(=O)C(C)C(C)C(=O)O)c1ncn[nH]1. The third-order valence-corrected chi connectivity index (χ3v) is 2.76. The van der Waals surface area contributed by atoms with Crippen LogP contribution in [0, 0.1) is 11.8 Å². The van der Waals surface area contributed by atoms with Gasteiger partial charge in [-0.25, -0.2) is 4.98 Å². The van der Waals surface area contributed by atoms with Crippen LogP contribution in [0.5, 0.6) is 0 Å². The van der Waals surface area contributed by atoms with Crippen molar-refractivity contribution < 1.29 is 14.7 Å². The average molecular weight is 240 g/mol. The Morgan fingerprint density at radius 3 is 2.47 bits per heavy atom. The Morgan fingerprint density at radius 1 is 1.35 bits per heavy atom. The van der Waals surface area contributed by atoms with Crippen LogP contribution in [0.3, 0.4) is 0 Å².